The van der Waals surface area contributed by atoms with Crippen LogP contribution < -0.4 is 4.90 Å². The number of amides is 1. The highest BCUT2D eigenvalue weighted by atomic mass is 35.5. The quantitative estimate of drug-likeness (QED) is 0.275. The fraction of sp³-hybridized carbons (Fsp3) is 0.229. The Morgan fingerprint density at radius 1 is 0.775 bits per heavy atom. The van der Waals surface area contributed by atoms with Crippen LogP contribution in [0.15, 0.2) is 109 Å². The van der Waals surface area contributed by atoms with E-state index >= 15 is 0 Å². The zero-order valence-electron chi connectivity index (χ0n) is 22.5. The van der Waals surface area contributed by atoms with E-state index in [2.05, 4.69) is 41.3 Å². The molecule has 5 heteroatoms. The molecule has 0 saturated carbocycles. The molecule has 40 heavy (non-hydrogen) atoms. The van der Waals surface area contributed by atoms with Gasteiger partial charge in [0, 0.05) is 35.8 Å². The standard InChI is InChI=1S/C35H33ClN2O2/c36-28-18-16-27(17-19-28)35(40)20-23-37(24-21-35)22-8-14-29-30-11-4-5-13-32(30)34(39)38(25-26-9-2-1-3-10-26)33-15-7-6-12-31(29)33/h1-7,9-19,40H,8,20-25H2/b29-14-. The molecule has 1 amide bonds. The molecule has 1 saturated heterocycles. The first-order chi connectivity index (χ1) is 19.5. The summed E-state index contributed by atoms with van der Waals surface area (Å²) in [7, 11) is 0. The molecule has 0 spiro atoms. The van der Waals surface area contributed by atoms with Crippen LogP contribution in [-0.2, 0) is 12.1 Å². The zero-order valence-corrected chi connectivity index (χ0v) is 23.2. The number of para-hydroxylation sites is 1. The Morgan fingerprint density at radius 2 is 1.40 bits per heavy atom. The van der Waals surface area contributed by atoms with Crippen LogP contribution in [0.4, 0.5) is 5.69 Å². The molecule has 202 valence electrons. The second kappa shape index (κ2) is 11.4. The van der Waals surface area contributed by atoms with E-state index in [1.54, 1.807) is 0 Å². The Labute approximate surface area is 241 Å². The third kappa shape index (κ3) is 5.35. The first-order valence-electron chi connectivity index (χ1n) is 14.0. The molecular weight excluding hydrogens is 516 g/mol. The van der Waals surface area contributed by atoms with Crippen molar-refractivity contribution in [3.63, 3.8) is 0 Å². The fourth-order valence-corrected chi connectivity index (χ4v) is 6.10. The van der Waals surface area contributed by atoms with Crippen LogP contribution in [0.1, 0.15) is 51.9 Å². The molecule has 0 radical (unpaired) electrons. The summed E-state index contributed by atoms with van der Waals surface area (Å²) in [6.45, 7) is 3.08. The third-order valence-corrected chi connectivity index (χ3v) is 8.47. The van der Waals surface area contributed by atoms with Gasteiger partial charge in [-0.15, -0.1) is 0 Å². The van der Waals surface area contributed by atoms with Crippen LogP contribution in [-0.4, -0.2) is 35.5 Å². The summed E-state index contributed by atoms with van der Waals surface area (Å²) in [5, 5.41) is 12.0. The molecule has 4 nitrogen and oxygen atoms in total. The van der Waals surface area contributed by atoms with Gasteiger partial charge in [-0.25, -0.2) is 0 Å². The van der Waals surface area contributed by atoms with E-state index in [0.29, 0.717) is 24.4 Å². The summed E-state index contributed by atoms with van der Waals surface area (Å²) in [6, 6.07) is 33.9. The van der Waals surface area contributed by atoms with E-state index in [1.165, 1.54) is 0 Å². The number of fused-ring (bicyclic) bond motifs is 2. The molecular formula is C35H33ClN2O2. The van der Waals surface area contributed by atoms with E-state index in [0.717, 1.165) is 65.1 Å². The number of hydrogen-bond acceptors (Lipinski definition) is 3. The average molecular weight is 549 g/mol. The van der Waals surface area contributed by atoms with Crippen LogP contribution in [0.3, 0.4) is 0 Å². The fourth-order valence-electron chi connectivity index (χ4n) is 5.97. The van der Waals surface area contributed by atoms with Crippen LogP contribution >= 0.6 is 11.6 Å². The molecule has 0 bridgehead atoms. The SMILES string of the molecule is O=C1c2ccccc2/C(=C/CCN2CCC(O)(c3ccc(Cl)cc3)CC2)c2ccccc2N1Cc1ccccc1. The maximum absolute atomic E-state index is 13.9. The molecule has 0 unspecified atom stereocenters. The molecule has 1 N–H and O–H groups in total. The van der Waals surface area contributed by atoms with Crippen molar-refractivity contribution in [3.8, 4) is 0 Å². The van der Waals surface area contributed by atoms with E-state index in [-0.39, 0.29) is 5.91 Å². The third-order valence-electron chi connectivity index (χ3n) is 8.22. The second-order valence-electron chi connectivity index (χ2n) is 10.7. The molecule has 0 aliphatic carbocycles. The highest BCUT2D eigenvalue weighted by Crippen LogP contribution is 2.39. The summed E-state index contributed by atoms with van der Waals surface area (Å²) >= 11 is 6.05. The highest BCUT2D eigenvalue weighted by Gasteiger charge is 2.34. The normalized spacial score (nSPS) is 17.8. The molecule has 4 aromatic carbocycles. The van der Waals surface area contributed by atoms with Gasteiger partial charge >= 0.3 is 0 Å². The predicted octanol–water partition coefficient (Wildman–Crippen LogP) is 7.31. The van der Waals surface area contributed by atoms with Crippen molar-refractivity contribution in [2.75, 3.05) is 24.5 Å². The van der Waals surface area contributed by atoms with Gasteiger partial charge in [0.25, 0.3) is 5.91 Å². The number of aliphatic hydroxyl groups is 1. The lowest BCUT2D eigenvalue weighted by atomic mass is 9.84. The Hall–Kier alpha value is -3.70. The monoisotopic (exact) mass is 548 g/mol. The van der Waals surface area contributed by atoms with Gasteiger partial charge in [-0.3, -0.25) is 4.79 Å². The van der Waals surface area contributed by atoms with Gasteiger partial charge < -0.3 is 14.9 Å². The number of anilines is 1. The molecule has 0 atom stereocenters. The molecule has 2 aliphatic heterocycles. The lowest BCUT2D eigenvalue weighted by molar-refractivity contribution is -0.0254. The number of hydrogen-bond donors (Lipinski definition) is 1. The van der Waals surface area contributed by atoms with Crippen molar-refractivity contribution < 1.29 is 9.90 Å². The average Bonchev–Trinajstić information content (AvgIpc) is 3.08. The van der Waals surface area contributed by atoms with E-state index < -0.39 is 5.60 Å². The Kier molecular flexibility index (Phi) is 7.57. The smallest absolute Gasteiger partial charge is 0.259 e. The number of carbonyl (C=O) groups excluding carboxylic acids is 1. The molecule has 2 aliphatic rings. The molecule has 2 heterocycles. The molecule has 6 rings (SSSR count). The number of carbonyl (C=O) groups is 1. The van der Waals surface area contributed by atoms with Crippen molar-refractivity contribution >= 4 is 28.8 Å². The number of rotatable bonds is 6. The van der Waals surface area contributed by atoms with Crippen molar-refractivity contribution in [3.05, 3.63) is 142 Å². The first kappa shape index (κ1) is 26.5. The summed E-state index contributed by atoms with van der Waals surface area (Å²) in [4.78, 5) is 18.3. The summed E-state index contributed by atoms with van der Waals surface area (Å²) in [5.41, 5.74) is 6.05. The number of piperidine rings is 1. The Balaban J connectivity index is 1.24. The summed E-state index contributed by atoms with van der Waals surface area (Å²) in [5.74, 6) is 0.0211. The van der Waals surface area contributed by atoms with Gasteiger partial charge in [0.1, 0.15) is 0 Å². The molecule has 4 aromatic rings. The summed E-state index contributed by atoms with van der Waals surface area (Å²) < 4.78 is 0. The lowest BCUT2D eigenvalue weighted by Gasteiger charge is -2.38. The van der Waals surface area contributed by atoms with Crippen LogP contribution in [0.2, 0.25) is 5.02 Å². The largest absolute Gasteiger partial charge is 0.385 e. The highest BCUT2D eigenvalue weighted by molar-refractivity contribution is 6.30. The topological polar surface area (TPSA) is 43.8 Å². The minimum atomic E-state index is -0.804. The van der Waals surface area contributed by atoms with Crippen molar-refractivity contribution in [2.45, 2.75) is 31.4 Å². The maximum atomic E-state index is 13.9. The van der Waals surface area contributed by atoms with Crippen molar-refractivity contribution in [1.82, 2.24) is 4.90 Å². The van der Waals surface area contributed by atoms with Crippen LogP contribution in [0, 0.1) is 0 Å². The van der Waals surface area contributed by atoms with Gasteiger partial charge in [0.05, 0.1) is 17.8 Å². The molecule has 1 fully saturated rings. The van der Waals surface area contributed by atoms with Crippen LogP contribution in [0.5, 0.6) is 0 Å². The van der Waals surface area contributed by atoms with Gasteiger partial charge in [-0.2, -0.15) is 0 Å². The Morgan fingerprint density at radius 3 is 2.12 bits per heavy atom. The van der Waals surface area contributed by atoms with Crippen molar-refractivity contribution in [2.24, 2.45) is 0 Å². The van der Waals surface area contributed by atoms with E-state index in [1.807, 2.05) is 77.7 Å². The van der Waals surface area contributed by atoms with E-state index in [9.17, 15) is 9.90 Å². The minimum Gasteiger partial charge on any atom is -0.385 e. The van der Waals surface area contributed by atoms with Crippen LogP contribution in [0.25, 0.3) is 5.57 Å². The van der Waals surface area contributed by atoms with Crippen molar-refractivity contribution in [1.29, 1.82) is 0 Å². The van der Waals surface area contributed by atoms with E-state index in [4.69, 9.17) is 11.6 Å². The van der Waals surface area contributed by atoms with Gasteiger partial charge in [0.15, 0.2) is 0 Å². The number of halogens is 1. The second-order valence-corrected chi connectivity index (χ2v) is 11.2. The van der Waals surface area contributed by atoms with Gasteiger partial charge in [-0.05, 0) is 65.8 Å². The Bertz CT molecular complexity index is 1520. The number of likely N-dealkylation sites (tertiary alicyclic amines) is 1. The number of nitrogens with zero attached hydrogens (tertiary/aromatic N) is 2. The number of benzene rings is 4. The first-order valence-corrected chi connectivity index (χ1v) is 14.4. The van der Waals surface area contributed by atoms with Gasteiger partial charge in [-0.1, -0.05) is 96.5 Å². The lowest BCUT2D eigenvalue weighted by Crippen LogP contribution is -2.42. The predicted molar refractivity (Wildman–Crippen MR) is 163 cm³/mol. The maximum Gasteiger partial charge on any atom is 0.259 e. The summed E-state index contributed by atoms with van der Waals surface area (Å²) in [6.07, 6.45) is 4.53. The zero-order chi connectivity index (χ0) is 27.5. The molecule has 0 aromatic heterocycles. The minimum absolute atomic E-state index is 0.0211. The van der Waals surface area contributed by atoms with Gasteiger partial charge in [0.2, 0.25) is 0 Å².